The predicted molar refractivity (Wildman–Crippen MR) is 101 cm³/mol. The summed E-state index contributed by atoms with van der Waals surface area (Å²) in [5, 5.41) is 0. The van der Waals surface area contributed by atoms with Gasteiger partial charge in [0, 0.05) is 6.42 Å². The second-order valence-electron chi connectivity index (χ2n) is 7.00. The number of carbonyl (C=O) groups is 1. The molecule has 0 aromatic heterocycles. The Balaban J connectivity index is 1.74. The molecule has 138 valence electrons. The summed E-state index contributed by atoms with van der Waals surface area (Å²) in [5.41, 5.74) is 1.47. The molecule has 0 bridgehead atoms. The van der Waals surface area contributed by atoms with Crippen LogP contribution in [0.25, 0.3) is 0 Å². The number of hydrogen-bond acceptors (Lipinski definition) is 4. The first-order chi connectivity index (χ1) is 12.4. The number of nitrogens with zero attached hydrogens (tertiary/aromatic N) is 1. The Morgan fingerprint density at radius 2 is 1.85 bits per heavy atom. The van der Waals surface area contributed by atoms with Gasteiger partial charge in [0.25, 0.3) is 0 Å². The summed E-state index contributed by atoms with van der Waals surface area (Å²) in [6, 6.07) is 13.4. The normalized spacial score (nSPS) is 15.0. The Kier molecular flexibility index (Phi) is 5.07. The fourth-order valence-electron chi connectivity index (χ4n) is 3.21. The first-order valence-corrected chi connectivity index (χ1v) is 8.73. The summed E-state index contributed by atoms with van der Waals surface area (Å²) < 4.78 is 16.6. The molecule has 0 fully saturated rings. The zero-order chi connectivity index (χ0) is 18.7. The van der Waals surface area contributed by atoms with Crippen LogP contribution in [-0.2, 0) is 11.2 Å². The summed E-state index contributed by atoms with van der Waals surface area (Å²) in [5.74, 6) is 2.20. The number of amides is 1. The van der Waals surface area contributed by atoms with Gasteiger partial charge in [-0.25, -0.2) is 0 Å². The predicted octanol–water partition coefficient (Wildman–Crippen LogP) is 3.84. The first-order valence-electron chi connectivity index (χ1n) is 8.73. The summed E-state index contributed by atoms with van der Waals surface area (Å²) >= 11 is 0. The van der Waals surface area contributed by atoms with Crippen molar-refractivity contribution < 1.29 is 19.0 Å². The van der Waals surface area contributed by atoms with Gasteiger partial charge in [0.05, 0.1) is 26.5 Å². The van der Waals surface area contributed by atoms with Gasteiger partial charge in [-0.05, 0) is 50.1 Å². The first kappa shape index (κ1) is 18.1. The molecule has 0 spiro atoms. The average Bonchev–Trinajstić information content (AvgIpc) is 2.64. The number of aryl methyl sites for hydroxylation is 1. The number of anilines is 1. The molecule has 0 atom stereocenters. The second kappa shape index (κ2) is 7.28. The van der Waals surface area contributed by atoms with E-state index in [4.69, 9.17) is 14.2 Å². The van der Waals surface area contributed by atoms with Crippen molar-refractivity contribution in [1.82, 2.24) is 0 Å². The Labute approximate surface area is 154 Å². The van der Waals surface area contributed by atoms with E-state index in [0.717, 1.165) is 17.0 Å². The molecule has 1 amide bonds. The number of rotatable bonds is 5. The number of carbonyl (C=O) groups excluding carboxylic acids is 1. The van der Waals surface area contributed by atoms with E-state index in [9.17, 15) is 4.79 Å². The topological polar surface area (TPSA) is 48.0 Å². The van der Waals surface area contributed by atoms with Crippen LogP contribution in [0.3, 0.4) is 0 Å². The maximum absolute atomic E-state index is 12.9. The van der Waals surface area contributed by atoms with Crippen LogP contribution in [0.5, 0.6) is 17.2 Å². The van der Waals surface area contributed by atoms with Crippen LogP contribution in [0, 0.1) is 0 Å². The van der Waals surface area contributed by atoms with E-state index >= 15 is 0 Å². The summed E-state index contributed by atoms with van der Waals surface area (Å²) in [4.78, 5) is 14.7. The van der Waals surface area contributed by atoms with Gasteiger partial charge in [-0.1, -0.05) is 18.2 Å². The minimum absolute atomic E-state index is 0.0867. The lowest BCUT2D eigenvalue weighted by Gasteiger charge is -2.39. The molecular weight excluding hydrogens is 330 g/mol. The molecule has 0 aliphatic carbocycles. The Morgan fingerprint density at radius 1 is 1.12 bits per heavy atom. The fourth-order valence-corrected chi connectivity index (χ4v) is 3.21. The average molecular weight is 355 g/mol. The van der Waals surface area contributed by atoms with Gasteiger partial charge >= 0.3 is 0 Å². The van der Waals surface area contributed by atoms with E-state index in [-0.39, 0.29) is 5.91 Å². The lowest BCUT2D eigenvalue weighted by Crippen LogP contribution is -2.49. The molecule has 2 aromatic carbocycles. The van der Waals surface area contributed by atoms with Crippen molar-refractivity contribution in [1.29, 1.82) is 0 Å². The van der Waals surface area contributed by atoms with Crippen molar-refractivity contribution >= 4 is 11.6 Å². The van der Waals surface area contributed by atoms with Gasteiger partial charge in [0.2, 0.25) is 5.91 Å². The third-order valence-electron chi connectivity index (χ3n) is 4.46. The van der Waals surface area contributed by atoms with E-state index in [1.165, 1.54) is 0 Å². The number of benzene rings is 2. The van der Waals surface area contributed by atoms with Gasteiger partial charge in [0.15, 0.2) is 11.5 Å². The fraction of sp³-hybridized carbons (Fsp3) is 0.381. The molecule has 3 rings (SSSR count). The van der Waals surface area contributed by atoms with Gasteiger partial charge in [0.1, 0.15) is 11.4 Å². The van der Waals surface area contributed by atoms with Crippen LogP contribution in [0.1, 0.15) is 25.8 Å². The lowest BCUT2D eigenvalue weighted by molar-refractivity contribution is -0.119. The largest absolute Gasteiger partial charge is 0.493 e. The minimum Gasteiger partial charge on any atom is -0.493 e. The maximum Gasteiger partial charge on any atom is 0.227 e. The number of fused-ring (bicyclic) bond motifs is 1. The van der Waals surface area contributed by atoms with Crippen LogP contribution in [0.2, 0.25) is 0 Å². The van der Waals surface area contributed by atoms with Crippen LogP contribution in [0.4, 0.5) is 5.69 Å². The molecule has 26 heavy (non-hydrogen) atoms. The standard InChI is InChI=1S/C21H25NO4/c1-21(2)14-22(16-7-5-6-8-17(16)26-21)20(23)12-10-15-9-11-18(24-3)19(13-15)25-4/h5-9,11,13H,10,12,14H2,1-4H3. The van der Waals surface area contributed by atoms with Crippen molar-refractivity contribution in [2.24, 2.45) is 0 Å². The third-order valence-corrected chi connectivity index (χ3v) is 4.46. The van der Waals surface area contributed by atoms with Gasteiger partial charge in [-0.3, -0.25) is 4.79 Å². The van der Waals surface area contributed by atoms with Gasteiger partial charge < -0.3 is 19.1 Å². The highest BCUT2D eigenvalue weighted by Gasteiger charge is 2.34. The summed E-state index contributed by atoms with van der Waals surface area (Å²) in [7, 11) is 3.22. The highest BCUT2D eigenvalue weighted by Crippen LogP contribution is 2.37. The van der Waals surface area contributed by atoms with E-state index in [1.807, 2.05) is 61.2 Å². The van der Waals surface area contributed by atoms with Crippen LogP contribution in [-0.4, -0.2) is 32.3 Å². The smallest absolute Gasteiger partial charge is 0.227 e. The minimum atomic E-state index is -0.409. The van der Waals surface area contributed by atoms with E-state index in [0.29, 0.717) is 30.9 Å². The molecule has 1 aliphatic heterocycles. The zero-order valence-corrected chi connectivity index (χ0v) is 15.7. The number of hydrogen-bond donors (Lipinski definition) is 0. The molecule has 0 saturated carbocycles. The van der Waals surface area contributed by atoms with E-state index in [1.54, 1.807) is 14.2 Å². The molecule has 1 aliphatic rings. The molecule has 0 saturated heterocycles. The third kappa shape index (κ3) is 3.77. The molecule has 0 N–H and O–H groups in total. The zero-order valence-electron chi connectivity index (χ0n) is 15.7. The number of methoxy groups -OCH3 is 2. The molecule has 0 unspecified atom stereocenters. The lowest BCUT2D eigenvalue weighted by atomic mass is 10.0. The Bertz CT molecular complexity index is 800. The van der Waals surface area contributed by atoms with Gasteiger partial charge in [-0.15, -0.1) is 0 Å². The summed E-state index contributed by atoms with van der Waals surface area (Å²) in [6.07, 6.45) is 1.05. The number of ether oxygens (including phenoxy) is 3. The van der Waals surface area contributed by atoms with Crippen molar-refractivity contribution in [2.75, 3.05) is 25.7 Å². The molecule has 0 radical (unpaired) electrons. The number of para-hydroxylation sites is 2. The molecule has 1 heterocycles. The maximum atomic E-state index is 12.9. The van der Waals surface area contributed by atoms with Crippen LogP contribution in [0.15, 0.2) is 42.5 Å². The van der Waals surface area contributed by atoms with E-state index < -0.39 is 5.60 Å². The highest BCUT2D eigenvalue weighted by atomic mass is 16.5. The van der Waals surface area contributed by atoms with Crippen molar-refractivity contribution in [2.45, 2.75) is 32.3 Å². The molecule has 2 aromatic rings. The monoisotopic (exact) mass is 355 g/mol. The SMILES string of the molecule is COc1ccc(CCC(=O)N2CC(C)(C)Oc3ccccc32)cc1OC. The Hall–Kier alpha value is -2.69. The van der Waals surface area contributed by atoms with Crippen molar-refractivity contribution in [3.63, 3.8) is 0 Å². The van der Waals surface area contributed by atoms with Crippen molar-refractivity contribution in [3.8, 4) is 17.2 Å². The van der Waals surface area contributed by atoms with Crippen LogP contribution < -0.4 is 19.1 Å². The van der Waals surface area contributed by atoms with Crippen LogP contribution >= 0.6 is 0 Å². The van der Waals surface area contributed by atoms with Crippen molar-refractivity contribution in [3.05, 3.63) is 48.0 Å². The molecule has 5 nitrogen and oxygen atoms in total. The quantitative estimate of drug-likeness (QED) is 0.818. The van der Waals surface area contributed by atoms with E-state index in [2.05, 4.69) is 0 Å². The summed E-state index contributed by atoms with van der Waals surface area (Å²) in [6.45, 7) is 4.53. The van der Waals surface area contributed by atoms with Gasteiger partial charge in [-0.2, -0.15) is 0 Å². The highest BCUT2D eigenvalue weighted by molar-refractivity contribution is 5.95. The molecular formula is C21H25NO4. The molecule has 5 heteroatoms. The Morgan fingerprint density at radius 3 is 2.58 bits per heavy atom. The second-order valence-corrected chi connectivity index (χ2v) is 7.00.